The van der Waals surface area contributed by atoms with Gasteiger partial charge in [-0.05, 0) is 45.6 Å². The fourth-order valence-corrected chi connectivity index (χ4v) is 3.96. The Morgan fingerprint density at radius 3 is 2.95 bits per heavy atom. The van der Waals surface area contributed by atoms with Crippen molar-refractivity contribution in [1.82, 2.24) is 4.98 Å². The molecule has 19 heavy (non-hydrogen) atoms. The van der Waals surface area contributed by atoms with E-state index in [1.165, 1.54) is 22.7 Å². The highest BCUT2D eigenvalue weighted by molar-refractivity contribution is 9.10. The molecule has 0 atom stereocenters. The zero-order valence-electron chi connectivity index (χ0n) is 9.51. The van der Waals surface area contributed by atoms with E-state index in [0.29, 0.717) is 15.7 Å². The fourth-order valence-electron chi connectivity index (χ4n) is 1.60. The number of aromatic nitrogens is 1. The molecule has 2 heterocycles. The highest BCUT2D eigenvalue weighted by atomic mass is 79.9. The quantitative estimate of drug-likeness (QED) is 0.685. The van der Waals surface area contributed by atoms with Crippen molar-refractivity contribution in [2.24, 2.45) is 0 Å². The van der Waals surface area contributed by atoms with E-state index in [-0.39, 0.29) is 5.91 Å². The van der Waals surface area contributed by atoms with Crippen LogP contribution in [-0.4, -0.2) is 10.9 Å². The van der Waals surface area contributed by atoms with E-state index in [0.717, 1.165) is 14.7 Å². The van der Waals surface area contributed by atoms with Gasteiger partial charge >= 0.3 is 0 Å². The van der Waals surface area contributed by atoms with Gasteiger partial charge in [0.05, 0.1) is 10.2 Å². The van der Waals surface area contributed by atoms with Crippen molar-refractivity contribution in [1.29, 1.82) is 0 Å². The minimum absolute atomic E-state index is 0.158. The number of nitrogens with one attached hydrogen (secondary N) is 1. The van der Waals surface area contributed by atoms with Crippen LogP contribution in [0.3, 0.4) is 0 Å². The van der Waals surface area contributed by atoms with Crippen molar-refractivity contribution < 1.29 is 4.79 Å². The Morgan fingerprint density at radius 1 is 1.37 bits per heavy atom. The van der Waals surface area contributed by atoms with Crippen LogP contribution >= 0.6 is 38.6 Å². The lowest BCUT2D eigenvalue weighted by Gasteiger charge is -1.98. The first-order valence-corrected chi connectivity index (χ1v) is 7.83. The number of nitrogens with zero attached hydrogens (tertiary/aromatic N) is 1. The van der Waals surface area contributed by atoms with Gasteiger partial charge in [-0.1, -0.05) is 11.3 Å². The van der Waals surface area contributed by atoms with Crippen molar-refractivity contribution in [2.75, 3.05) is 11.1 Å². The first-order valence-electron chi connectivity index (χ1n) is 5.34. The molecule has 4 nitrogen and oxygen atoms in total. The van der Waals surface area contributed by atoms with E-state index in [4.69, 9.17) is 5.73 Å². The Balaban J connectivity index is 1.89. The number of nitrogens with two attached hydrogens (primary N) is 1. The number of benzene rings is 1. The molecule has 0 fully saturated rings. The number of hydrogen-bond donors (Lipinski definition) is 2. The Morgan fingerprint density at radius 2 is 2.21 bits per heavy atom. The number of carbonyl (C=O) groups is 1. The van der Waals surface area contributed by atoms with Crippen LogP contribution in [0.2, 0.25) is 0 Å². The molecule has 7 heteroatoms. The van der Waals surface area contributed by atoms with Crippen LogP contribution in [-0.2, 0) is 0 Å². The summed E-state index contributed by atoms with van der Waals surface area (Å²) in [6.45, 7) is 0. The number of thiazole rings is 1. The van der Waals surface area contributed by atoms with Gasteiger partial charge in [-0.3, -0.25) is 10.1 Å². The number of nitrogen functional groups attached to an aromatic ring is 1. The van der Waals surface area contributed by atoms with E-state index >= 15 is 0 Å². The van der Waals surface area contributed by atoms with Gasteiger partial charge in [0.2, 0.25) is 0 Å². The largest absolute Gasteiger partial charge is 0.399 e. The third-order valence-corrected chi connectivity index (χ3v) is 5.23. The van der Waals surface area contributed by atoms with E-state index in [2.05, 4.69) is 26.2 Å². The molecule has 2 aromatic heterocycles. The Hall–Kier alpha value is -1.44. The maximum Gasteiger partial charge on any atom is 0.268 e. The molecule has 0 saturated carbocycles. The molecule has 0 aliphatic heterocycles. The third-order valence-electron chi connectivity index (χ3n) is 2.46. The van der Waals surface area contributed by atoms with E-state index in [9.17, 15) is 4.79 Å². The van der Waals surface area contributed by atoms with E-state index < -0.39 is 0 Å². The number of hydrogen-bond acceptors (Lipinski definition) is 5. The molecule has 0 spiro atoms. The van der Waals surface area contributed by atoms with Crippen molar-refractivity contribution in [3.05, 3.63) is 39.0 Å². The second-order valence-corrected chi connectivity index (χ2v) is 6.60. The van der Waals surface area contributed by atoms with Crippen molar-refractivity contribution in [2.45, 2.75) is 0 Å². The molecule has 0 aliphatic rings. The lowest BCUT2D eigenvalue weighted by Crippen LogP contribution is -2.10. The molecule has 3 N–H and O–H groups in total. The summed E-state index contributed by atoms with van der Waals surface area (Å²) in [7, 11) is 0. The maximum absolute atomic E-state index is 12.1. The molecule has 0 aliphatic carbocycles. The lowest BCUT2D eigenvalue weighted by atomic mass is 10.3. The van der Waals surface area contributed by atoms with E-state index in [1.807, 2.05) is 23.6 Å². The summed E-state index contributed by atoms with van der Waals surface area (Å²) in [4.78, 5) is 17.0. The number of carbonyl (C=O) groups excluding carboxylic acids is 1. The highest BCUT2D eigenvalue weighted by Gasteiger charge is 2.13. The molecular formula is C12H8BrN3OS2. The highest BCUT2D eigenvalue weighted by Crippen LogP contribution is 2.29. The summed E-state index contributed by atoms with van der Waals surface area (Å²) in [6.07, 6.45) is 0. The lowest BCUT2D eigenvalue weighted by molar-refractivity contribution is 0.103. The van der Waals surface area contributed by atoms with Gasteiger partial charge in [-0.2, -0.15) is 0 Å². The summed E-state index contributed by atoms with van der Waals surface area (Å²) in [5.41, 5.74) is 7.24. The molecule has 3 aromatic rings. The van der Waals surface area contributed by atoms with Crippen molar-refractivity contribution >= 4 is 65.5 Å². The Kier molecular flexibility index (Phi) is 3.26. The monoisotopic (exact) mass is 353 g/mol. The average Bonchev–Trinajstić information content (AvgIpc) is 2.94. The third kappa shape index (κ3) is 2.49. The van der Waals surface area contributed by atoms with Gasteiger partial charge in [0, 0.05) is 10.2 Å². The van der Waals surface area contributed by atoms with Gasteiger partial charge in [-0.25, -0.2) is 4.98 Å². The van der Waals surface area contributed by atoms with Crippen LogP contribution in [0.1, 0.15) is 9.67 Å². The first-order chi connectivity index (χ1) is 9.13. The van der Waals surface area contributed by atoms with Gasteiger partial charge < -0.3 is 5.73 Å². The first kappa shape index (κ1) is 12.6. The minimum Gasteiger partial charge on any atom is -0.399 e. The predicted molar refractivity (Wildman–Crippen MR) is 84.0 cm³/mol. The van der Waals surface area contributed by atoms with Crippen LogP contribution in [0.5, 0.6) is 0 Å². The summed E-state index contributed by atoms with van der Waals surface area (Å²) < 4.78 is 1.75. The number of amides is 1. The zero-order chi connectivity index (χ0) is 13.4. The molecule has 0 saturated heterocycles. The average molecular weight is 354 g/mol. The normalized spacial score (nSPS) is 10.8. The van der Waals surface area contributed by atoms with Crippen LogP contribution in [0.4, 0.5) is 10.8 Å². The van der Waals surface area contributed by atoms with Crippen LogP contribution in [0.25, 0.3) is 10.2 Å². The zero-order valence-corrected chi connectivity index (χ0v) is 12.7. The second-order valence-electron chi connectivity index (χ2n) is 3.80. The molecule has 3 rings (SSSR count). The number of anilines is 2. The smallest absolute Gasteiger partial charge is 0.268 e. The summed E-state index contributed by atoms with van der Waals surface area (Å²) in [5.74, 6) is -0.158. The molecular weight excluding hydrogens is 346 g/mol. The van der Waals surface area contributed by atoms with Crippen LogP contribution in [0.15, 0.2) is 34.1 Å². The van der Waals surface area contributed by atoms with Gasteiger partial charge in [0.15, 0.2) is 5.13 Å². The van der Waals surface area contributed by atoms with Gasteiger partial charge in [0.1, 0.15) is 4.88 Å². The molecule has 1 amide bonds. The summed E-state index contributed by atoms with van der Waals surface area (Å²) in [6, 6.07) is 7.34. The number of halogens is 1. The summed E-state index contributed by atoms with van der Waals surface area (Å²) >= 11 is 6.13. The van der Waals surface area contributed by atoms with Crippen molar-refractivity contribution in [3.63, 3.8) is 0 Å². The topological polar surface area (TPSA) is 68.0 Å². The second kappa shape index (κ2) is 4.92. The SMILES string of the molecule is Nc1ccc2nc(NC(=O)c3sccc3Br)sc2c1. The summed E-state index contributed by atoms with van der Waals surface area (Å²) in [5, 5.41) is 5.24. The van der Waals surface area contributed by atoms with Crippen LogP contribution in [0, 0.1) is 0 Å². The van der Waals surface area contributed by atoms with Gasteiger partial charge in [-0.15, -0.1) is 11.3 Å². The number of fused-ring (bicyclic) bond motifs is 1. The molecule has 1 aromatic carbocycles. The molecule has 0 radical (unpaired) electrons. The van der Waals surface area contributed by atoms with Gasteiger partial charge in [0.25, 0.3) is 5.91 Å². The Bertz CT molecular complexity index is 765. The van der Waals surface area contributed by atoms with Crippen molar-refractivity contribution in [3.8, 4) is 0 Å². The molecule has 0 unspecified atom stereocenters. The number of rotatable bonds is 2. The Labute approximate surface area is 125 Å². The predicted octanol–water partition coefficient (Wildman–Crippen LogP) is 3.95. The standard InChI is InChI=1S/C12H8BrN3OS2/c13-7-3-4-18-10(7)11(17)16-12-15-8-2-1-6(14)5-9(8)19-12/h1-5H,14H2,(H,15,16,17). The van der Waals surface area contributed by atoms with Crippen LogP contribution < -0.4 is 11.1 Å². The number of thiophene rings is 1. The fraction of sp³-hybridized carbons (Fsp3) is 0. The minimum atomic E-state index is -0.158. The molecule has 96 valence electrons. The molecule has 0 bridgehead atoms. The maximum atomic E-state index is 12.1. The van der Waals surface area contributed by atoms with E-state index in [1.54, 1.807) is 6.07 Å².